The van der Waals surface area contributed by atoms with Gasteiger partial charge in [0.2, 0.25) is 10.0 Å². The minimum Gasteiger partial charge on any atom is -0.397 e. The Bertz CT molecular complexity index is 445. The molecular formula is C8H11ClN2O2S. The van der Waals surface area contributed by atoms with Crippen LogP contribution >= 0.6 is 11.6 Å². The number of hydrogen-bond acceptors (Lipinski definition) is 3. The molecule has 0 bridgehead atoms. The van der Waals surface area contributed by atoms with Gasteiger partial charge in [-0.05, 0) is 18.2 Å². The Labute approximate surface area is 88.3 Å². The largest absolute Gasteiger partial charge is 0.397 e. The van der Waals surface area contributed by atoms with Crippen LogP contribution in [0.5, 0.6) is 0 Å². The number of nitrogens with zero attached hydrogens (tertiary/aromatic N) is 1. The number of hydrogen-bond donors (Lipinski definition) is 1. The SMILES string of the molecule is CN(c1cc(Cl)ccc1N)S(C)(=O)=O. The zero-order valence-corrected chi connectivity index (χ0v) is 9.43. The van der Waals surface area contributed by atoms with Crippen molar-refractivity contribution in [3.8, 4) is 0 Å². The quantitative estimate of drug-likeness (QED) is 0.785. The van der Waals surface area contributed by atoms with Crippen molar-refractivity contribution in [2.75, 3.05) is 23.3 Å². The topological polar surface area (TPSA) is 63.4 Å². The van der Waals surface area contributed by atoms with Crippen molar-refractivity contribution in [2.24, 2.45) is 0 Å². The van der Waals surface area contributed by atoms with Crippen molar-refractivity contribution in [1.29, 1.82) is 0 Å². The summed E-state index contributed by atoms with van der Waals surface area (Å²) in [5.41, 5.74) is 6.39. The molecule has 4 nitrogen and oxygen atoms in total. The molecule has 0 fully saturated rings. The average Bonchev–Trinajstić information content (AvgIpc) is 2.06. The number of benzene rings is 1. The van der Waals surface area contributed by atoms with E-state index in [1.165, 1.54) is 13.1 Å². The van der Waals surface area contributed by atoms with Crippen molar-refractivity contribution in [3.63, 3.8) is 0 Å². The number of sulfonamides is 1. The van der Waals surface area contributed by atoms with Crippen molar-refractivity contribution in [3.05, 3.63) is 23.2 Å². The van der Waals surface area contributed by atoms with Crippen LogP contribution < -0.4 is 10.0 Å². The van der Waals surface area contributed by atoms with Crippen LogP contribution in [0.15, 0.2) is 18.2 Å². The maximum Gasteiger partial charge on any atom is 0.232 e. The Morgan fingerprint density at radius 1 is 1.43 bits per heavy atom. The summed E-state index contributed by atoms with van der Waals surface area (Å²) in [6.07, 6.45) is 1.10. The zero-order valence-electron chi connectivity index (χ0n) is 7.86. The van der Waals surface area contributed by atoms with Crippen molar-refractivity contribution < 1.29 is 8.42 Å². The highest BCUT2D eigenvalue weighted by molar-refractivity contribution is 7.92. The summed E-state index contributed by atoms with van der Waals surface area (Å²) in [7, 11) is -1.87. The third-order valence-electron chi connectivity index (χ3n) is 1.83. The maximum atomic E-state index is 11.2. The Hall–Kier alpha value is -0.940. The highest BCUT2D eigenvalue weighted by Gasteiger charge is 2.14. The minimum atomic E-state index is -3.30. The van der Waals surface area contributed by atoms with Gasteiger partial charge in [-0.3, -0.25) is 4.31 Å². The molecule has 0 aliphatic carbocycles. The van der Waals surface area contributed by atoms with Crippen LogP contribution in [0.2, 0.25) is 5.02 Å². The van der Waals surface area contributed by atoms with E-state index in [4.69, 9.17) is 17.3 Å². The van der Waals surface area contributed by atoms with Crippen molar-refractivity contribution >= 4 is 33.0 Å². The van der Waals surface area contributed by atoms with Crippen molar-refractivity contribution in [2.45, 2.75) is 0 Å². The lowest BCUT2D eigenvalue weighted by Crippen LogP contribution is -2.25. The average molecular weight is 235 g/mol. The van der Waals surface area contributed by atoms with Gasteiger partial charge in [0, 0.05) is 12.1 Å². The summed E-state index contributed by atoms with van der Waals surface area (Å²) in [6.45, 7) is 0. The summed E-state index contributed by atoms with van der Waals surface area (Å²) < 4.78 is 23.5. The van der Waals surface area contributed by atoms with Gasteiger partial charge in [-0.1, -0.05) is 11.6 Å². The van der Waals surface area contributed by atoms with E-state index in [9.17, 15) is 8.42 Å². The molecule has 14 heavy (non-hydrogen) atoms. The fourth-order valence-electron chi connectivity index (χ4n) is 0.968. The number of nitrogens with two attached hydrogens (primary N) is 1. The highest BCUT2D eigenvalue weighted by atomic mass is 35.5. The molecule has 0 amide bonds. The number of rotatable bonds is 2. The molecule has 0 unspecified atom stereocenters. The number of nitrogen functional groups attached to an aromatic ring is 1. The minimum absolute atomic E-state index is 0.377. The summed E-state index contributed by atoms with van der Waals surface area (Å²) in [6, 6.07) is 4.69. The molecule has 1 rings (SSSR count). The van der Waals surface area contributed by atoms with Gasteiger partial charge >= 0.3 is 0 Å². The Morgan fingerprint density at radius 2 is 2.00 bits per heavy atom. The molecular weight excluding hydrogens is 224 g/mol. The first-order valence-corrected chi connectivity index (χ1v) is 6.04. The second kappa shape index (κ2) is 3.67. The van der Waals surface area contributed by atoms with Gasteiger partial charge in [0.1, 0.15) is 0 Å². The van der Waals surface area contributed by atoms with Crippen LogP contribution in [0.4, 0.5) is 11.4 Å². The predicted molar refractivity (Wildman–Crippen MR) is 59.1 cm³/mol. The molecule has 0 heterocycles. The van der Waals surface area contributed by atoms with E-state index >= 15 is 0 Å². The normalized spacial score (nSPS) is 11.4. The molecule has 2 N–H and O–H groups in total. The molecule has 0 aromatic heterocycles. The Kier molecular flexibility index (Phi) is 2.92. The van der Waals surface area contributed by atoms with Gasteiger partial charge in [-0.15, -0.1) is 0 Å². The molecule has 0 saturated heterocycles. The Balaban J connectivity index is 3.26. The van der Waals surface area contributed by atoms with E-state index in [0.29, 0.717) is 16.4 Å². The Morgan fingerprint density at radius 3 is 2.50 bits per heavy atom. The summed E-state index contributed by atoms with van der Waals surface area (Å²) in [4.78, 5) is 0. The lowest BCUT2D eigenvalue weighted by atomic mass is 10.3. The van der Waals surface area contributed by atoms with Gasteiger partial charge in [0.15, 0.2) is 0 Å². The van der Waals surface area contributed by atoms with Crippen LogP contribution in [-0.2, 0) is 10.0 Å². The second-order valence-corrected chi connectivity index (χ2v) is 5.38. The van der Waals surface area contributed by atoms with Crippen LogP contribution in [0.1, 0.15) is 0 Å². The van der Waals surface area contributed by atoms with Crippen LogP contribution in [0.3, 0.4) is 0 Å². The lowest BCUT2D eigenvalue weighted by Gasteiger charge is -2.18. The van der Waals surface area contributed by atoms with Gasteiger partial charge < -0.3 is 5.73 Å². The molecule has 0 radical (unpaired) electrons. The van der Waals surface area contributed by atoms with E-state index in [1.54, 1.807) is 12.1 Å². The van der Waals surface area contributed by atoms with Crippen LogP contribution in [0, 0.1) is 0 Å². The van der Waals surface area contributed by atoms with E-state index < -0.39 is 10.0 Å². The van der Waals surface area contributed by atoms with E-state index in [1.807, 2.05) is 0 Å². The molecule has 1 aromatic carbocycles. The molecule has 6 heteroatoms. The monoisotopic (exact) mass is 234 g/mol. The third kappa shape index (κ3) is 2.30. The maximum absolute atomic E-state index is 11.2. The molecule has 78 valence electrons. The fourth-order valence-corrected chi connectivity index (χ4v) is 1.65. The lowest BCUT2D eigenvalue weighted by molar-refractivity contribution is 0.600. The summed E-state index contributed by atoms with van der Waals surface area (Å²) in [5.74, 6) is 0. The smallest absolute Gasteiger partial charge is 0.232 e. The number of anilines is 2. The van der Waals surface area contributed by atoms with E-state index in [-0.39, 0.29) is 0 Å². The molecule has 0 aliphatic heterocycles. The zero-order chi connectivity index (χ0) is 10.9. The standard InChI is InChI=1S/C8H11ClN2O2S/c1-11(14(2,12)13)8-5-6(9)3-4-7(8)10/h3-5H,10H2,1-2H3. The van der Waals surface area contributed by atoms with Crippen LogP contribution in [-0.4, -0.2) is 21.7 Å². The van der Waals surface area contributed by atoms with Gasteiger partial charge in [-0.25, -0.2) is 8.42 Å². The number of halogens is 1. The van der Waals surface area contributed by atoms with E-state index in [0.717, 1.165) is 10.6 Å². The van der Waals surface area contributed by atoms with Gasteiger partial charge in [0.05, 0.1) is 17.6 Å². The second-order valence-electron chi connectivity index (χ2n) is 2.93. The molecule has 0 saturated carbocycles. The first-order valence-electron chi connectivity index (χ1n) is 3.81. The fraction of sp³-hybridized carbons (Fsp3) is 0.250. The highest BCUT2D eigenvalue weighted by Crippen LogP contribution is 2.27. The summed E-state index contributed by atoms with van der Waals surface area (Å²) >= 11 is 5.73. The first-order chi connectivity index (χ1) is 6.32. The molecule has 0 aliphatic rings. The predicted octanol–water partition coefficient (Wildman–Crippen LogP) is 1.32. The van der Waals surface area contributed by atoms with Gasteiger partial charge in [-0.2, -0.15) is 0 Å². The van der Waals surface area contributed by atoms with Crippen LogP contribution in [0.25, 0.3) is 0 Å². The van der Waals surface area contributed by atoms with E-state index in [2.05, 4.69) is 0 Å². The third-order valence-corrected chi connectivity index (χ3v) is 3.26. The molecule has 1 aromatic rings. The molecule has 0 spiro atoms. The first kappa shape index (κ1) is 11.1. The van der Waals surface area contributed by atoms with Gasteiger partial charge in [0.25, 0.3) is 0 Å². The summed E-state index contributed by atoms with van der Waals surface area (Å²) in [5, 5.41) is 0.449. The van der Waals surface area contributed by atoms with Crippen molar-refractivity contribution in [1.82, 2.24) is 0 Å². The molecule has 0 atom stereocenters.